The molecule has 3 rings (SSSR count). The van der Waals surface area contributed by atoms with Gasteiger partial charge < -0.3 is 16.0 Å². The Kier molecular flexibility index (Phi) is 4.36. The van der Waals surface area contributed by atoms with E-state index in [1.165, 1.54) is 0 Å². The normalized spacial score (nSPS) is 19.0. The lowest BCUT2D eigenvalue weighted by Gasteiger charge is -2.17. The molecule has 4 nitrogen and oxygen atoms in total. The van der Waals surface area contributed by atoms with Crippen LogP contribution in [0.2, 0.25) is 0 Å². The van der Waals surface area contributed by atoms with E-state index in [-0.39, 0.29) is 12.1 Å². The highest BCUT2D eigenvalue weighted by molar-refractivity contribution is 6.01. The van der Waals surface area contributed by atoms with Gasteiger partial charge in [0.25, 0.3) is 0 Å². The number of urea groups is 1. The third-order valence-electron chi connectivity index (χ3n) is 3.95. The fraction of sp³-hybridized carbons (Fsp3) is 0.353. The van der Waals surface area contributed by atoms with E-state index in [0.717, 1.165) is 48.8 Å². The second-order valence-corrected chi connectivity index (χ2v) is 5.50. The Morgan fingerprint density at radius 2 is 1.90 bits per heavy atom. The molecule has 1 saturated heterocycles. The van der Waals surface area contributed by atoms with Crippen molar-refractivity contribution in [3.63, 3.8) is 0 Å². The van der Waals surface area contributed by atoms with Crippen LogP contribution in [0, 0.1) is 0 Å². The maximum Gasteiger partial charge on any atom is 0.319 e. The van der Waals surface area contributed by atoms with E-state index in [0.29, 0.717) is 0 Å². The Morgan fingerprint density at radius 1 is 1.05 bits per heavy atom. The number of nitrogens with one attached hydrogen (secondary N) is 3. The molecule has 21 heavy (non-hydrogen) atoms. The van der Waals surface area contributed by atoms with Crippen LogP contribution in [-0.4, -0.2) is 25.2 Å². The van der Waals surface area contributed by atoms with Crippen molar-refractivity contribution < 1.29 is 4.79 Å². The molecule has 1 aliphatic rings. The molecule has 0 saturated carbocycles. The Bertz CT molecular complexity index is 613. The van der Waals surface area contributed by atoms with E-state index in [1.54, 1.807) is 0 Å². The quantitative estimate of drug-likeness (QED) is 0.793. The molecule has 1 heterocycles. The summed E-state index contributed by atoms with van der Waals surface area (Å²) in [7, 11) is 0. The molecule has 110 valence electrons. The van der Waals surface area contributed by atoms with Gasteiger partial charge >= 0.3 is 6.03 Å². The summed E-state index contributed by atoms with van der Waals surface area (Å²) in [6.07, 6.45) is 3.14. The summed E-state index contributed by atoms with van der Waals surface area (Å²) in [5, 5.41) is 11.6. The SMILES string of the molecule is O=C(Nc1cccc2ccccc12)NC1CCCNCC1. The van der Waals surface area contributed by atoms with Crippen LogP contribution >= 0.6 is 0 Å². The number of amides is 2. The van der Waals surface area contributed by atoms with E-state index < -0.39 is 0 Å². The molecule has 0 aliphatic carbocycles. The molecular weight excluding hydrogens is 262 g/mol. The fourth-order valence-electron chi connectivity index (χ4n) is 2.84. The van der Waals surface area contributed by atoms with Crippen molar-refractivity contribution in [2.45, 2.75) is 25.3 Å². The molecule has 1 atom stereocenters. The minimum atomic E-state index is -0.113. The highest BCUT2D eigenvalue weighted by Gasteiger charge is 2.14. The number of carbonyl (C=O) groups excluding carboxylic acids is 1. The zero-order chi connectivity index (χ0) is 14.5. The van der Waals surface area contributed by atoms with E-state index in [1.807, 2.05) is 30.3 Å². The fourth-order valence-corrected chi connectivity index (χ4v) is 2.84. The zero-order valence-electron chi connectivity index (χ0n) is 12.1. The standard InChI is InChI=1S/C17H21N3O/c21-17(19-14-7-4-11-18-12-10-14)20-16-9-3-6-13-5-1-2-8-15(13)16/h1-3,5-6,8-9,14,18H,4,7,10-12H2,(H2,19,20,21). The van der Waals surface area contributed by atoms with Crippen LogP contribution in [-0.2, 0) is 0 Å². The summed E-state index contributed by atoms with van der Waals surface area (Å²) >= 11 is 0. The maximum atomic E-state index is 12.2. The van der Waals surface area contributed by atoms with Gasteiger partial charge in [-0.3, -0.25) is 0 Å². The van der Waals surface area contributed by atoms with E-state index in [9.17, 15) is 4.79 Å². The van der Waals surface area contributed by atoms with Gasteiger partial charge in [-0.15, -0.1) is 0 Å². The molecule has 2 amide bonds. The van der Waals surface area contributed by atoms with Crippen LogP contribution < -0.4 is 16.0 Å². The molecule has 1 aliphatic heterocycles. The summed E-state index contributed by atoms with van der Waals surface area (Å²) < 4.78 is 0. The average Bonchev–Trinajstić information content (AvgIpc) is 2.76. The monoisotopic (exact) mass is 283 g/mol. The van der Waals surface area contributed by atoms with Crippen LogP contribution in [0.3, 0.4) is 0 Å². The second-order valence-electron chi connectivity index (χ2n) is 5.50. The van der Waals surface area contributed by atoms with Crippen LogP contribution in [0.15, 0.2) is 42.5 Å². The summed E-state index contributed by atoms with van der Waals surface area (Å²) in [6.45, 7) is 2.02. The Morgan fingerprint density at radius 3 is 2.86 bits per heavy atom. The first kappa shape index (κ1) is 13.9. The lowest BCUT2D eigenvalue weighted by Crippen LogP contribution is -2.38. The minimum absolute atomic E-state index is 0.113. The van der Waals surface area contributed by atoms with Crippen molar-refractivity contribution in [2.75, 3.05) is 18.4 Å². The molecule has 1 fully saturated rings. The molecule has 0 aromatic heterocycles. The van der Waals surface area contributed by atoms with Crippen molar-refractivity contribution in [3.8, 4) is 0 Å². The highest BCUT2D eigenvalue weighted by Crippen LogP contribution is 2.22. The lowest BCUT2D eigenvalue weighted by molar-refractivity contribution is 0.247. The van der Waals surface area contributed by atoms with Gasteiger partial charge in [-0.2, -0.15) is 0 Å². The first-order valence-electron chi connectivity index (χ1n) is 7.59. The van der Waals surface area contributed by atoms with Gasteiger partial charge in [-0.1, -0.05) is 36.4 Å². The maximum absolute atomic E-state index is 12.2. The summed E-state index contributed by atoms with van der Waals surface area (Å²) in [6, 6.07) is 14.2. The van der Waals surface area contributed by atoms with Gasteiger partial charge in [0.2, 0.25) is 0 Å². The van der Waals surface area contributed by atoms with Gasteiger partial charge in [0.05, 0.1) is 5.69 Å². The lowest BCUT2D eigenvalue weighted by atomic mass is 10.1. The minimum Gasteiger partial charge on any atom is -0.335 e. The first-order valence-corrected chi connectivity index (χ1v) is 7.59. The zero-order valence-corrected chi connectivity index (χ0v) is 12.1. The largest absolute Gasteiger partial charge is 0.335 e. The summed E-state index contributed by atoms with van der Waals surface area (Å²) in [5.74, 6) is 0. The van der Waals surface area contributed by atoms with Gasteiger partial charge in [0.15, 0.2) is 0 Å². The number of carbonyl (C=O) groups is 1. The van der Waals surface area contributed by atoms with Crippen molar-refractivity contribution in [3.05, 3.63) is 42.5 Å². The van der Waals surface area contributed by atoms with Crippen molar-refractivity contribution >= 4 is 22.5 Å². The van der Waals surface area contributed by atoms with E-state index in [4.69, 9.17) is 0 Å². The smallest absolute Gasteiger partial charge is 0.319 e. The molecule has 2 aromatic carbocycles. The van der Waals surface area contributed by atoms with Gasteiger partial charge in [0, 0.05) is 11.4 Å². The number of hydrogen-bond acceptors (Lipinski definition) is 2. The third-order valence-corrected chi connectivity index (χ3v) is 3.95. The predicted octanol–water partition coefficient (Wildman–Crippen LogP) is 3.10. The van der Waals surface area contributed by atoms with Gasteiger partial charge in [-0.25, -0.2) is 4.79 Å². The molecule has 3 N–H and O–H groups in total. The number of fused-ring (bicyclic) bond motifs is 1. The van der Waals surface area contributed by atoms with Crippen LogP contribution in [0.1, 0.15) is 19.3 Å². The Hall–Kier alpha value is -2.07. The average molecular weight is 283 g/mol. The Labute approximate surface area is 124 Å². The van der Waals surface area contributed by atoms with Crippen LogP contribution in [0.5, 0.6) is 0 Å². The van der Waals surface area contributed by atoms with E-state index >= 15 is 0 Å². The molecule has 2 aromatic rings. The number of anilines is 1. The molecular formula is C17H21N3O. The highest BCUT2D eigenvalue weighted by atomic mass is 16.2. The van der Waals surface area contributed by atoms with Crippen LogP contribution in [0.4, 0.5) is 10.5 Å². The molecule has 0 radical (unpaired) electrons. The third kappa shape index (κ3) is 3.52. The second kappa shape index (κ2) is 6.59. The number of rotatable bonds is 2. The van der Waals surface area contributed by atoms with Gasteiger partial charge in [0.1, 0.15) is 0 Å². The number of hydrogen-bond donors (Lipinski definition) is 3. The first-order chi connectivity index (χ1) is 10.3. The number of benzene rings is 2. The van der Waals surface area contributed by atoms with Crippen molar-refractivity contribution in [2.24, 2.45) is 0 Å². The summed E-state index contributed by atoms with van der Waals surface area (Å²) in [5.41, 5.74) is 0.859. The van der Waals surface area contributed by atoms with Gasteiger partial charge in [-0.05, 0) is 43.8 Å². The summed E-state index contributed by atoms with van der Waals surface area (Å²) in [4.78, 5) is 12.2. The molecule has 4 heteroatoms. The molecule has 0 spiro atoms. The Balaban J connectivity index is 1.68. The van der Waals surface area contributed by atoms with Crippen molar-refractivity contribution in [1.29, 1.82) is 0 Å². The van der Waals surface area contributed by atoms with Crippen LogP contribution in [0.25, 0.3) is 10.8 Å². The van der Waals surface area contributed by atoms with Crippen molar-refractivity contribution in [1.82, 2.24) is 10.6 Å². The molecule has 1 unspecified atom stereocenters. The predicted molar refractivity (Wildman–Crippen MR) is 86.6 cm³/mol. The van der Waals surface area contributed by atoms with E-state index in [2.05, 4.69) is 28.1 Å². The topological polar surface area (TPSA) is 53.2 Å². The molecule has 0 bridgehead atoms.